The number of nitrogens with zero attached hydrogens (tertiary/aromatic N) is 1. The Bertz CT molecular complexity index is 414. The van der Waals surface area contributed by atoms with Crippen molar-refractivity contribution in [2.24, 2.45) is 16.2 Å². The molecule has 0 N–H and O–H groups in total. The predicted octanol–water partition coefficient (Wildman–Crippen LogP) is 2.97. The fourth-order valence-electron chi connectivity index (χ4n) is 3.36. The van der Waals surface area contributed by atoms with Crippen molar-refractivity contribution in [1.29, 1.82) is 0 Å². The van der Waals surface area contributed by atoms with Gasteiger partial charge in [-0.3, -0.25) is 4.79 Å². The number of carbonyl (C=O) groups excluding carboxylic acids is 1. The molecule has 0 spiro atoms. The third-order valence-electron chi connectivity index (χ3n) is 5.02. The van der Waals surface area contributed by atoms with Crippen molar-refractivity contribution >= 4 is 5.91 Å². The van der Waals surface area contributed by atoms with Gasteiger partial charge in [-0.25, -0.2) is 0 Å². The third kappa shape index (κ3) is 0.957. The number of amides is 1. The Morgan fingerprint density at radius 1 is 1.12 bits per heavy atom. The van der Waals surface area contributed by atoms with E-state index in [9.17, 15) is 4.79 Å². The molecule has 2 aliphatic rings. The SMILES string of the molecule is CN1C(=O)C(C)(C)C2(C)C1=CC=CC2(C)C. The van der Waals surface area contributed by atoms with Crippen LogP contribution in [0.15, 0.2) is 23.9 Å². The van der Waals surface area contributed by atoms with Crippen LogP contribution in [0.25, 0.3) is 0 Å². The third-order valence-corrected chi connectivity index (χ3v) is 5.02. The second-order valence-electron chi connectivity index (χ2n) is 6.25. The second-order valence-corrected chi connectivity index (χ2v) is 6.25. The maximum Gasteiger partial charge on any atom is 0.233 e. The van der Waals surface area contributed by atoms with Crippen LogP contribution in [0, 0.1) is 16.2 Å². The van der Waals surface area contributed by atoms with E-state index in [0.29, 0.717) is 0 Å². The first-order valence-corrected chi connectivity index (χ1v) is 5.84. The van der Waals surface area contributed by atoms with Crippen molar-refractivity contribution in [1.82, 2.24) is 4.90 Å². The molecule has 0 aromatic rings. The summed E-state index contributed by atoms with van der Waals surface area (Å²) in [5.41, 5.74) is 0.679. The molecule has 88 valence electrons. The smallest absolute Gasteiger partial charge is 0.233 e. The normalized spacial score (nSPS) is 35.0. The summed E-state index contributed by atoms with van der Waals surface area (Å²) in [5, 5.41) is 0. The summed E-state index contributed by atoms with van der Waals surface area (Å²) in [7, 11) is 1.89. The number of likely N-dealkylation sites (tertiary alicyclic amines) is 1. The Kier molecular flexibility index (Phi) is 2.00. The maximum atomic E-state index is 12.3. The molecule has 2 nitrogen and oxygen atoms in total. The van der Waals surface area contributed by atoms with E-state index < -0.39 is 0 Å². The summed E-state index contributed by atoms with van der Waals surface area (Å²) in [4.78, 5) is 14.2. The van der Waals surface area contributed by atoms with Crippen LogP contribution in [0.3, 0.4) is 0 Å². The fraction of sp³-hybridized carbons (Fsp3) is 0.643. The van der Waals surface area contributed by atoms with Gasteiger partial charge in [0.25, 0.3) is 0 Å². The van der Waals surface area contributed by atoms with E-state index in [2.05, 4.69) is 52.8 Å². The zero-order chi connectivity index (χ0) is 12.4. The minimum absolute atomic E-state index is 0.000995. The lowest BCUT2D eigenvalue weighted by molar-refractivity contribution is -0.136. The number of hydrogen-bond acceptors (Lipinski definition) is 1. The van der Waals surface area contributed by atoms with E-state index in [1.54, 1.807) is 0 Å². The molecule has 2 rings (SSSR count). The van der Waals surface area contributed by atoms with Crippen molar-refractivity contribution in [2.75, 3.05) is 7.05 Å². The first-order valence-electron chi connectivity index (χ1n) is 5.84. The van der Waals surface area contributed by atoms with Crippen LogP contribution >= 0.6 is 0 Å². The molecule has 2 heteroatoms. The van der Waals surface area contributed by atoms with Gasteiger partial charge in [0, 0.05) is 18.2 Å². The molecule has 0 aromatic heterocycles. The number of rotatable bonds is 0. The Labute approximate surface area is 98.0 Å². The number of hydrogen-bond donors (Lipinski definition) is 0. The molecule has 16 heavy (non-hydrogen) atoms. The van der Waals surface area contributed by atoms with Crippen molar-refractivity contribution in [3.63, 3.8) is 0 Å². The van der Waals surface area contributed by atoms with Gasteiger partial charge in [-0.2, -0.15) is 0 Å². The molecule has 1 aliphatic heterocycles. The molecule has 1 amide bonds. The number of carbonyl (C=O) groups is 1. The largest absolute Gasteiger partial charge is 0.318 e. The van der Waals surface area contributed by atoms with Crippen LogP contribution in [-0.4, -0.2) is 17.9 Å². The van der Waals surface area contributed by atoms with E-state index >= 15 is 0 Å². The molecular weight excluding hydrogens is 198 g/mol. The average molecular weight is 219 g/mol. The van der Waals surface area contributed by atoms with E-state index in [4.69, 9.17) is 0 Å². The summed E-state index contributed by atoms with van der Waals surface area (Å²) < 4.78 is 0. The van der Waals surface area contributed by atoms with Crippen molar-refractivity contribution in [3.8, 4) is 0 Å². The molecule has 1 aliphatic carbocycles. The van der Waals surface area contributed by atoms with E-state index in [-0.39, 0.29) is 22.2 Å². The molecule has 1 fully saturated rings. The Hall–Kier alpha value is -1.05. The van der Waals surface area contributed by atoms with Crippen LogP contribution in [0.4, 0.5) is 0 Å². The standard InChI is InChI=1S/C14H21NO/c1-12(2)9-7-8-10-14(12,5)13(3,4)11(16)15(10)6/h7-9H,1-6H3. The van der Waals surface area contributed by atoms with Gasteiger partial charge in [-0.15, -0.1) is 0 Å². The molecular formula is C14H21NO. The highest BCUT2D eigenvalue weighted by Crippen LogP contribution is 2.63. The highest BCUT2D eigenvalue weighted by atomic mass is 16.2. The number of fused-ring (bicyclic) bond motifs is 1. The molecule has 1 unspecified atom stereocenters. The fourth-order valence-corrected chi connectivity index (χ4v) is 3.36. The lowest BCUT2D eigenvalue weighted by atomic mass is 9.53. The highest BCUT2D eigenvalue weighted by Gasteiger charge is 2.63. The Balaban J connectivity index is 2.71. The quantitative estimate of drug-likeness (QED) is 0.613. The van der Waals surface area contributed by atoms with Crippen molar-refractivity contribution in [3.05, 3.63) is 23.9 Å². The van der Waals surface area contributed by atoms with Gasteiger partial charge >= 0.3 is 0 Å². The van der Waals surface area contributed by atoms with Gasteiger partial charge < -0.3 is 4.90 Å². The summed E-state index contributed by atoms with van der Waals surface area (Å²) >= 11 is 0. The van der Waals surface area contributed by atoms with Crippen molar-refractivity contribution < 1.29 is 4.79 Å². The maximum absolute atomic E-state index is 12.3. The molecule has 0 aromatic carbocycles. The van der Waals surface area contributed by atoms with Gasteiger partial charge in [-0.1, -0.05) is 46.8 Å². The summed E-state index contributed by atoms with van der Waals surface area (Å²) in [6.45, 7) is 10.8. The van der Waals surface area contributed by atoms with Crippen LogP contribution in [0.1, 0.15) is 34.6 Å². The predicted molar refractivity (Wildman–Crippen MR) is 65.7 cm³/mol. The van der Waals surface area contributed by atoms with E-state index in [1.165, 1.54) is 0 Å². The molecule has 1 saturated heterocycles. The van der Waals surface area contributed by atoms with Crippen LogP contribution in [0.2, 0.25) is 0 Å². The van der Waals surface area contributed by atoms with E-state index in [0.717, 1.165) is 5.70 Å². The summed E-state index contributed by atoms with van der Waals surface area (Å²) in [6.07, 6.45) is 6.37. The molecule has 0 bridgehead atoms. The van der Waals surface area contributed by atoms with Crippen LogP contribution in [0.5, 0.6) is 0 Å². The summed E-state index contributed by atoms with van der Waals surface area (Å²) in [5.74, 6) is 0.220. The molecule has 1 heterocycles. The zero-order valence-corrected chi connectivity index (χ0v) is 11.1. The van der Waals surface area contributed by atoms with E-state index in [1.807, 2.05) is 11.9 Å². The van der Waals surface area contributed by atoms with Gasteiger partial charge in [0.05, 0.1) is 5.41 Å². The topological polar surface area (TPSA) is 20.3 Å². The average Bonchev–Trinajstić information content (AvgIpc) is 2.30. The highest BCUT2D eigenvalue weighted by molar-refractivity contribution is 5.89. The van der Waals surface area contributed by atoms with Gasteiger partial charge in [0.1, 0.15) is 0 Å². The monoisotopic (exact) mass is 219 g/mol. The zero-order valence-electron chi connectivity index (χ0n) is 11.1. The first-order chi connectivity index (χ1) is 7.16. The van der Waals surface area contributed by atoms with Gasteiger partial charge in [-0.05, 0) is 11.5 Å². The summed E-state index contributed by atoms with van der Waals surface area (Å²) in [6, 6.07) is 0. The van der Waals surface area contributed by atoms with Crippen molar-refractivity contribution in [2.45, 2.75) is 34.6 Å². The molecule has 0 saturated carbocycles. The Morgan fingerprint density at radius 2 is 1.69 bits per heavy atom. The first kappa shape index (κ1) is 11.4. The molecule has 0 radical (unpaired) electrons. The lowest BCUT2D eigenvalue weighted by Crippen LogP contribution is -2.46. The minimum atomic E-state index is -0.345. The van der Waals surface area contributed by atoms with Crippen LogP contribution in [-0.2, 0) is 4.79 Å². The minimum Gasteiger partial charge on any atom is -0.318 e. The van der Waals surface area contributed by atoms with Gasteiger partial charge in [0.15, 0.2) is 0 Å². The number of allylic oxidation sites excluding steroid dienone is 4. The Morgan fingerprint density at radius 3 is 2.19 bits per heavy atom. The lowest BCUT2D eigenvalue weighted by Gasteiger charge is -2.48. The second kappa shape index (κ2) is 2.79. The van der Waals surface area contributed by atoms with Crippen LogP contribution < -0.4 is 0 Å². The molecule has 1 atom stereocenters. The van der Waals surface area contributed by atoms with Gasteiger partial charge in [0.2, 0.25) is 5.91 Å².